The topological polar surface area (TPSA) is 121 Å². The molecule has 0 spiro atoms. The summed E-state index contributed by atoms with van der Waals surface area (Å²) in [5, 5.41) is 43.0. The molecule has 0 atom stereocenters. The van der Waals surface area contributed by atoms with Crippen LogP contribution in [0.15, 0.2) is 0 Å². The summed E-state index contributed by atoms with van der Waals surface area (Å²) in [6.45, 7) is 0. The first kappa shape index (κ1) is 29.2. The van der Waals surface area contributed by atoms with Gasteiger partial charge in [0.25, 0.3) is 0 Å². The first-order valence-electron chi connectivity index (χ1n) is 1.55. The molecule has 0 unspecified atom stereocenters. The Bertz CT molecular complexity index is 31.3. The van der Waals surface area contributed by atoms with Gasteiger partial charge in [-0.05, 0) is 0 Å². The Morgan fingerprint density at radius 3 is 0.455 bits per heavy atom. The van der Waals surface area contributed by atoms with Crippen LogP contribution in [0.1, 0.15) is 0 Å². The van der Waals surface area contributed by atoms with Crippen molar-refractivity contribution in [1.29, 1.82) is 0 Å². The Morgan fingerprint density at radius 1 is 0.455 bits per heavy atom. The Hall–Kier alpha value is 2.89. The van der Waals surface area contributed by atoms with E-state index in [4.69, 9.17) is 30.1 Å². The second kappa shape index (κ2) is 23.1. The molecule has 0 radical (unpaired) electrons. The third kappa shape index (κ3) is 183. The standard InChI is InChI=1S/2BH3O3.3Na.3H/c2*2-1(3)4;;;;;;/h2*2-4H;;;;;;. The summed E-state index contributed by atoms with van der Waals surface area (Å²) in [5.74, 6) is 0. The van der Waals surface area contributed by atoms with Gasteiger partial charge in [-0.15, -0.1) is 0 Å². The van der Waals surface area contributed by atoms with Gasteiger partial charge in [-0.2, -0.15) is 0 Å². The van der Waals surface area contributed by atoms with E-state index in [9.17, 15) is 0 Å². The number of hydrogen-bond donors (Lipinski definition) is 6. The maximum absolute atomic E-state index is 7.17. The molecule has 6 nitrogen and oxygen atoms in total. The van der Waals surface area contributed by atoms with E-state index >= 15 is 0 Å². The Kier molecular flexibility index (Phi) is 61.2. The van der Waals surface area contributed by atoms with Crippen molar-refractivity contribution in [3.63, 3.8) is 0 Å². The van der Waals surface area contributed by atoms with Crippen LogP contribution in [0, 0.1) is 0 Å². The third-order valence-electron chi connectivity index (χ3n) is 0. The van der Waals surface area contributed by atoms with Crippen LogP contribution >= 0.6 is 0 Å². The van der Waals surface area contributed by atoms with Gasteiger partial charge in [0.15, 0.2) is 0 Å². The molecule has 11 heteroatoms. The molecule has 0 aromatic heterocycles. The van der Waals surface area contributed by atoms with Crippen molar-refractivity contribution < 1.29 is 30.1 Å². The maximum atomic E-state index is 7.17. The van der Waals surface area contributed by atoms with Gasteiger partial charge >= 0.3 is 103 Å². The molecular weight excluding hydrogens is 187 g/mol. The monoisotopic (exact) mass is 196 g/mol. The normalized spacial score (nSPS) is 4.91. The van der Waals surface area contributed by atoms with Gasteiger partial charge in [-0.1, -0.05) is 0 Å². The van der Waals surface area contributed by atoms with Gasteiger partial charge < -0.3 is 30.1 Å². The van der Waals surface area contributed by atoms with Crippen molar-refractivity contribution in [2.24, 2.45) is 0 Å². The van der Waals surface area contributed by atoms with Crippen molar-refractivity contribution in [2.75, 3.05) is 0 Å². The molecule has 0 rings (SSSR count). The molecular formula is H9B2Na3O6. The molecule has 0 amide bonds. The molecule has 0 aromatic carbocycles. The first-order valence-corrected chi connectivity index (χ1v) is 1.55. The van der Waals surface area contributed by atoms with Crippen molar-refractivity contribution in [2.45, 2.75) is 0 Å². The van der Waals surface area contributed by atoms with E-state index in [-0.39, 0.29) is 88.7 Å². The van der Waals surface area contributed by atoms with E-state index in [1.54, 1.807) is 0 Å². The first-order chi connectivity index (χ1) is 3.46. The third-order valence-corrected chi connectivity index (χ3v) is 0. The van der Waals surface area contributed by atoms with E-state index in [0.717, 1.165) is 0 Å². The predicted molar refractivity (Wildman–Crippen MR) is 46.3 cm³/mol. The summed E-state index contributed by atoms with van der Waals surface area (Å²) in [5.41, 5.74) is 0. The Labute approximate surface area is 131 Å². The van der Waals surface area contributed by atoms with Crippen molar-refractivity contribution in [3.05, 3.63) is 0 Å². The van der Waals surface area contributed by atoms with Crippen LogP contribution in [0.4, 0.5) is 0 Å². The molecule has 0 aromatic rings. The minimum atomic E-state index is -2.17. The van der Waals surface area contributed by atoms with E-state index in [2.05, 4.69) is 0 Å². The summed E-state index contributed by atoms with van der Waals surface area (Å²) >= 11 is 0. The fourth-order valence-electron chi connectivity index (χ4n) is 0. The van der Waals surface area contributed by atoms with E-state index in [0.29, 0.717) is 0 Å². The zero-order valence-corrected chi connectivity index (χ0v) is 3.84. The average Bonchev–Trinajstić information content (AvgIpc) is 1.25. The second-order valence-corrected chi connectivity index (χ2v) is 0.693. The molecule has 0 fully saturated rings. The molecule has 0 heterocycles. The SMILES string of the molecule is OB(O)O.OB(O)O.[NaH].[NaH].[NaH]. The van der Waals surface area contributed by atoms with E-state index in [1.165, 1.54) is 0 Å². The number of hydrogen-bond acceptors (Lipinski definition) is 6. The molecule has 6 N–H and O–H groups in total. The number of rotatable bonds is 0. The second-order valence-electron chi connectivity index (χ2n) is 0.693. The molecule has 11 heavy (non-hydrogen) atoms. The van der Waals surface area contributed by atoms with Gasteiger partial charge in [0.1, 0.15) is 0 Å². The van der Waals surface area contributed by atoms with Crippen LogP contribution in [-0.2, 0) is 0 Å². The van der Waals surface area contributed by atoms with Crippen molar-refractivity contribution in [3.8, 4) is 0 Å². The van der Waals surface area contributed by atoms with Gasteiger partial charge in [0.2, 0.25) is 0 Å². The van der Waals surface area contributed by atoms with Gasteiger partial charge in [0.05, 0.1) is 0 Å². The van der Waals surface area contributed by atoms with E-state index < -0.39 is 14.6 Å². The predicted octanol–water partition coefficient (Wildman–Crippen LogP) is -6.05. The van der Waals surface area contributed by atoms with Crippen LogP contribution in [0.25, 0.3) is 0 Å². The minimum absolute atomic E-state index is 0. The zero-order chi connectivity index (χ0) is 7.15. The molecule has 0 aliphatic carbocycles. The summed E-state index contributed by atoms with van der Waals surface area (Å²) in [7, 11) is -4.33. The molecule has 54 valence electrons. The van der Waals surface area contributed by atoms with Crippen LogP contribution in [0.3, 0.4) is 0 Å². The van der Waals surface area contributed by atoms with Gasteiger partial charge in [-0.3, -0.25) is 0 Å². The molecule has 0 saturated carbocycles. The van der Waals surface area contributed by atoms with Crippen LogP contribution < -0.4 is 0 Å². The zero-order valence-electron chi connectivity index (χ0n) is 3.84. The summed E-state index contributed by atoms with van der Waals surface area (Å²) in [4.78, 5) is 0. The van der Waals surface area contributed by atoms with E-state index in [1.807, 2.05) is 0 Å². The van der Waals surface area contributed by atoms with Crippen molar-refractivity contribution >= 4 is 103 Å². The Morgan fingerprint density at radius 2 is 0.455 bits per heavy atom. The summed E-state index contributed by atoms with van der Waals surface area (Å²) in [6.07, 6.45) is 0. The van der Waals surface area contributed by atoms with Crippen LogP contribution in [0.5, 0.6) is 0 Å². The Balaban J connectivity index is -0.0000000171. The average molecular weight is 196 g/mol. The fraction of sp³-hybridized carbons (Fsp3) is 0. The molecule has 0 aliphatic heterocycles. The summed E-state index contributed by atoms with van der Waals surface area (Å²) in [6, 6.07) is 0. The molecule has 0 saturated heterocycles. The molecule has 0 aliphatic rings. The molecule has 0 bridgehead atoms. The quantitative estimate of drug-likeness (QED) is 0.214. The van der Waals surface area contributed by atoms with Crippen LogP contribution in [-0.4, -0.2) is 133 Å². The van der Waals surface area contributed by atoms with Gasteiger partial charge in [-0.25, -0.2) is 0 Å². The van der Waals surface area contributed by atoms with Crippen LogP contribution in [0.2, 0.25) is 0 Å². The summed E-state index contributed by atoms with van der Waals surface area (Å²) < 4.78 is 0. The fourth-order valence-corrected chi connectivity index (χ4v) is 0. The van der Waals surface area contributed by atoms with Crippen molar-refractivity contribution in [1.82, 2.24) is 0 Å². The van der Waals surface area contributed by atoms with Gasteiger partial charge in [0, 0.05) is 0 Å².